The Morgan fingerprint density at radius 2 is 1.67 bits per heavy atom. The highest BCUT2D eigenvalue weighted by Crippen LogP contribution is 2.26. The van der Waals surface area contributed by atoms with E-state index < -0.39 is 21.9 Å². The average Bonchev–Trinajstić information content (AvgIpc) is 2.94. The summed E-state index contributed by atoms with van der Waals surface area (Å²) in [6, 6.07) is 18.9. The number of amides is 2. The van der Waals surface area contributed by atoms with Crippen LogP contribution in [0.3, 0.4) is 0 Å². The van der Waals surface area contributed by atoms with Gasteiger partial charge in [0.05, 0.1) is 11.9 Å². The van der Waals surface area contributed by atoms with Gasteiger partial charge in [-0.1, -0.05) is 78.7 Å². The Labute approximate surface area is 257 Å². The number of benzene rings is 3. The van der Waals surface area contributed by atoms with Crippen molar-refractivity contribution in [1.29, 1.82) is 0 Å². The number of anilines is 1. The largest absolute Gasteiger partial charge is 0.352 e. The number of rotatable bonds is 14. The molecule has 0 fully saturated rings. The van der Waals surface area contributed by atoms with Crippen molar-refractivity contribution in [1.82, 2.24) is 10.2 Å². The van der Waals surface area contributed by atoms with Gasteiger partial charge in [0.2, 0.25) is 21.8 Å². The number of para-hydroxylation sites is 1. The maximum Gasteiger partial charge on any atom is 0.243 e. The quantitative estimate of drug-likeness (QED) is 0.227. The summed E-state index contributed by atoms with van der Waals surface area (Å²) in [6.07, 6.45) is 1.96. The molecule has 42 heavy (non-hydrogen) atoms. The SMILES string of the molecule is CC[C@H](C)NC(=O)[C@H](Cc1ccccc1)N(Cc1ccc(Cl)cc1Cl)C(=O)CCCN(c1ccccc1F)S(C)(=O)=O. The van der Waals surface area contributed by atoms with Gasteiger partial charge in [-0.3, -0.25) is 13.9 Å². The highest BCUT2D eigenvalue weighted by molar-refractivity contribution is 7.92. The molecular formula is C31H36Cl2FN3O4S. The van der Waals surface area contributed by atoms with Crippen molar-refractivity contribution in [2.24, 2.45) is 0 Å². The summed E-state index contributed by atoms with van der Waals surface area (Å²) >= 11 is 12.6. The topological polar surface area (TPSA) is 86.8 Å². The van der Waals surface area contributed by atoms with Crippen molar-refractivity contribution < 1.29 is 22.4 Å². The molecule has 3 aromatic carbocycles. The van der Waals surface area contributed by atoms with Crippen molar-refractivity contribution in [3.8, 4) is 0 Å². The van der Waals surface area contributed by atoms with Gasteiger partial charge in [-0.15, -0.1) is 0 Å². The van der Waals surface area contributed by atoms with Crippen LogP contribution in [0.5, 0.6) is 0 Å². The number of halogens is 3. The van der Waals surface area contributed by atoms with Crippen LogP contribution in [-0.4, -0.2) is 50.0 Å². The molecule has 0 aliphatic heterocycles. The second kappa shape index (κ2) is 15.4. The zero-order valence-corrected chi connectivity index (χ0v) is 26.2. The summed E-state index contributed by atoms with van der Waals surface area (Å²) in [5.41, 5.74) is 1.38. The number of nitrogens with zero attached hydrogens (tertiary/aromatic N) is 2. The van der Waals surface area contributed by atoms with E-state index in [4.69, 9.17) is 23.2 Å². The van der Waals surface area contributed by atoms with Gasteiger partial charge < -0.3 is 10.2 Å². The summed E-state index contributed by atoms with van der Waals surface area (Å²) in [6.45, 7) is 3.76. The lowest BCUT2D eigenvalue weighted by Gasteiger charge is -2.33. The van der Waals surface area contributed by atoms with Crippen LogP contribution < -0.4 is 9.62 Å². The molecule has 1 N–H and O–H groups in total. The molecule has 0 bridgehead atoms. The monoisotopic (exact) mass is 635 g/mol. The van der Waals surface area contributed by atoms with Gasteiger partial charge >= 0.3 is 0 Å². The molecule has 0 spiro atoms. The third kappa shape index (κ3) is 9.44. The Balaban J connectivity index is 1.93. The maximum atomic E-state index is 14.5. The third-order valence-electron chi connectivity index (χ3n) is 6.90. The highest BCUT2D eigenvalue weighted by atomic mass is 35.5. The molecular weight excluding hydrogens is 600 g/mol. The standard InChI is InChI=1S/C31H36Cl2FN3O4S/c1-4-22(2)35-31(39)29(19-23-11-6-5-7-12-23)36(21-24-16-17-25(32)20-26(24)33)30(38)15-10-18-37(42(3,40)41)28-14-9-8-13-27(28)34/h5-9,11-14,16-17,20,22,29H,4,10,15,18-19,21H2,1-3H3,(H,35,39)/t22-,29-/m0/s1. The van der Waals surface area contributed by atoms with Gasteiger partial charge in [0.25, 0.3) is 0 Å². The lowest BCUT2D eigenvalue weighted by molar-refractivity contribution is -0.141. The summed E-state index contributed by atoms with van der Waals surface area (Å²) in [7, 11) is -3.83. The molecule has 2 atom stereocenters. The maximum absolute atomic E-state index is 14.5. The molecule has 0 saturated carbocycles. The predicted molar refractivity (Wildman–Crippen MR) is 167 cm³/mol. The summed E-state index contributed by atoms with van der Waals surface area (Å²) < 4.78 is 40.5. The smallest absolute Gasteiger partial charge is 0.243 e. The molecule has 7 nitrogen and oxygen atoms in total. The number of carbonyl (C=O) groups is 2. The Hall–Kier alpha value is -3.14. The second-order valence-electron chi connectivity index (χ2n) is 10.2. The number of sulfonamides is 1. The van der Waals surface area contributed by atoms with Crippen molar-refractivity contribution in [3.05, 3.63) is 99.8 Å². The fourth-order valence-corrected chi connectivity index (χ4v) is 5.90. The van der Waals surface area contributed by atoms with Crippen LogP contribution in [0.4, 0.5) is 10.1 Å². The van der Waals surface area contributed by atoms with Crippen LogP contribution in [0.25, 0.3) is 0 Å². The van der Waals surface area contributed by atoms with Crippen LogP contribution in [0, 0.1) is 5.82 Å². The first-order valence-corrected chi connectivity index (χ1v) is 16.3. The minimum atomic E-state index is -3.83. The molecule has 226 valence electrons. The Morgan fingerprint density at radius 3 is 2.29 bits per heavy atom. The second-order valence-corrected chi connectivity index (χ2v) is 12.9. The van der Waals surface area contributed by atoms with Crippen LogP contribution in [0.1, 0.15) is 44.2 Å². The van der Waals surface area contributed by atoms with E-state index in [9.17, 15) is 22.4 Å². The van der Waals surface area contributed by atoms with Crippen molar-refractivity contribution in [2.75, 3.05) is 17.1 Å². The Bertz CT molecular complexity index is 1470. The summed E-state index contributed by atoms with van der Waals surface area (Å²) in [5, 5.41) is 3.79. The van der Waals surface area contributed by atoms with Crippen LogP contribution in [-0.2, 0) is 32.6 Å². The molecule has 11 heteroatoms. The van der Waals surface area contributed by atoms with E-state index in [1.165, 1.54) is 23.1 Å². The molecule has 3 rings (SSSR count). The minimum absolute atomic E-state index is 0.0311. The Kier molecular flexibility index (Phi) is 12.2. The molecule has 0 aliphatic carbocycles. The lowest BCUT2D eigenvalue weighted by atomic mass is 10.0. The summed E-state index contributed by atoms with van der Waals surface area (Å²) in [4.78, 5) is 29.0. The first kappa shape index (κ1) is 33.4. The van der Waals surface area contributed by atoms with Crippen molar-refractivity contribution >= 4 is 50.7 Å². The Morgan fingerprint density at radius 1 is 1.00 bits per heavy atom. The van der Waals surface area contributed by atoms with E-state index in [0.717, 1.165) is 16.1 Å². The van der Waals surface area contributed by atoms with Crippen molar-refractivity contribution in [3.63, 3.8) is 0 Å². The van der Waals surface area contributed by atoms with E-state index in [0.29, 0.717) is 22.0 Å². The van der Waals surface area contributed by atoms with Gasteiger partial charge in [0.15, 0.2) is 0 Å². The molecule has 3 aromatic rings. The van der Waals surface area contributed by atoms with Gasteiger partial charge in [0, 0.05) is 42.0 Å². The predicted octanol–water partition coefficient (Wildman–Crippen LogP) is 6.23. The van der Waals surface area contributed by atoms with E-state index in [1.807, 2.05) is 44.2 Å². The molecule has 0 aliphatic rings. The normalized spacial score (nSPS) is 12.8. The fourth-order valence-electron chi connectivity index (χ4n) is 4.46. The van der Waals surface area contributed by atoms with Crippen LogP contribution >= 0.6 is 23.2 Å². The van der Waals surface area contributed by atoms with Crippen LogP contribution in [0.15, 0.2) is 72.8 Å². The van der Waals surface area contributed by atoms with E-state index >= 15 is 0 Å². The zero-order chi connectivity index (χ0) is 30.9. The first-order chi connectivity index (χ1) is 19.9. The van der Waals surface area contributed by atoms with Crippen molar-refractivity contribution in [2.45, 2.75) is 58.2 Å². The molecule has 0 radical (unpaired) electrons. The fraction of sp³-hybridized carbons (Fsp3) is 0.355. The van der Waals surface area contributed by atoms with E-state index in [-0.39, 0.29) is 55.9 Å². The number of hydrogen-bond donors (Lipinski definition) is 1. The van der Waals surface area contributed by atoms with Gasteiger partial charge in [0.1, 0.15) is 11.9 Å². The molecule has 0 heterocycles. The molecule has 0 unspecified atom stereocenters. The van der Waals surface area contributed by atoms with Gasteiger partial charge in [-0.2, -0.15) is 0 Å². The highest BCUT2D eigenvalue weighted by Gasteiger charge is 2.31. The first-order valence-electron chi connectivity index (χ1n) is 13.7. The molecule has 0 saturated heterocycles. The van der Waals surface area contributed by atoms with Gasteiger partial charge in [-0.25, -0.2) is 12.8 Å². The zero-order valence-electron chi connectivity index (χ0n) is 23.9. The average molecular weight is 637 g/mol. The number of nitrogens with one attached hydrogen (secondary N) is 1. The summed E-state index contributed by atoms with van der Waals surface area (Å²) in [5.74, 6) is -1.36. The van der Waals surface area contributed by atoms with Gasteiger partial charge in [-0.05, 0) is 55.2 Å². The van der Waals surface area contributed by atoms with E-state index in [2.05, 4.69) is 5.32 Å². The van der Waals surface area contributed by atoms with Crippen LogP contribution in [0.2, 0.25) is 10.0 Å². The third-order valence-corrected chi connectivity index (χ3v) is 8.67. The number of carbonyl (C=O) groups excluding carboxylic acids is 2. The molecule has 2 amide bonds. The lowest BCUT2D eigenvalue weighted by Crippen LogP contribution is -2.52. The molecule has 0 aromatic heterocycles. The minimum Gasteiger partial charge on any atom is -0.352 e. The van der Waals surface area contributed by atoms with E-state index in [1.54, 1.807) is 24.3 Å². The number of hydrogen-bond acceptors (Lipinski definition) is 4.